The van der Waals surface area contributed by atoms with E-state index in [1.165, 1.54) is 25.0 Å². The zero-order chi connectivity index (χ0) is 13.4. The molecule has 102 valence electrons. The summed E-state index contributed by atoms with van der Waals surface area (Å²) in [7, 11) is 0. The molecule has 2 bridgehead atoms. The van der Waals surface area contributed by atoms with Crippen molar-refractivity contribution in [3.8, 4) is 0 Å². The molecule has 2 aliphatic rings. The van der Waals surface area contributed by atoms with Crippen LogP contribution in [0.1, 0.15) is 44.1 Å². The first kappa shape index (κ1) is 13.2. The number of benzene rings is 1. The number of rotatable bonds is 3. The van der Waals surface area contributed by atoms with Crippen LogP contribution in [-0.2, 0) is 4.79 Å². The molecule has 19 heavy (non-hydrogen) atoms. The van der Waals surface area contributed by atoms with Crippen molar-refractivity contribution in [3.05, 3.63) is 35.6 Å². The molecule has 2 heterocycles. The molecule has 0 N–H and O–H groups in total. The van der Waals surface area contributed by atoms with Crippen LogP contribution in [-0.4, -0.2) is 16.3 Å². The molecule has 0 aliphatic carbocycles. The molecule has 0 amide bonds. The van der Waals surface area contributed by atoms with E-state index in [-0.39, 0.29) is 11.7 Å². The first-order valence-corrected chi connectivity index (χ1v) is 8.07. The third-order valence-corrected chi connectivity index (χ3v) is 6.20. The molecule has 0 saturated carbocycles. The maximum atomic E-state index is 13.1. The van der Waals surface area contributed by atoms with E-state index in [4.69, 9.17) is 0 Å². The normalized spacial score (nSPS) is 33.4. The second-order valence-electron chi connectivity index (χ2n) is 5.61. The first-order chi connectivity index (χ1) is 9.19. The van der Waals surface area contributed by atoms with Gasteiger partial charge in [-0.15, -0.1) is 0 Å². The third kappa shape index (κ3) is 2.45. The predicted molar refractivity (Wildman–Crippen MR) is 76.9 cm³/mol. The van der Waals surface area contributed by atoms with E-state index in [2.05, 4.69) is 0 Å². The van der Waals surface area contributed by atoms with Gasteiger partial charge >= 0.3 is 0 Å². The molecule has 1 nitrogen and oxygen atoms in total. The number of Topliss-reactive ketones (excluding diaryl/α,β-unsaturated/α-hetero) is 1. The molecule has 2 aliphatic heterocycles. The predicted octanol–water partition coefficient (Wildman–Crippen LogP) is 4.17. The van der Waals surface area contributed by atoms with E-state index in [1.54, 1.807) is 0 Å². The van der Waals surface area contributed by atoms with Crippen LogP contribution < -0.4 is 0 Å². The largest absolute Gasteiger partial charge is 0.299 e. The van der Waals surface area contributed by atoms with Crippen molar-refractivity contribution in [1.82, 2.24) is 0 Å². The van der Waals surface area contributed by atoms with Crippen molar-refractivity contribution < 1.29 is 9.18 Å². The Bertz CT molecular complexity index is 470. The third-order valence-electron chi connectivity index (χ3n) is 4.51. The van der Waals surface area contributed by atoms with Crippen LogP contribution in [0.2, 0.25) is 0 Å². The van der Waals surface area contributed by atoms with E-state index < -0.39 is 0 Å². The summed E-state index contributed by atoms with van der Waals surface area (Å²) in [5, 5.41) is 1.18. The average Bonchev–Trinajstić information content (AvgIpc) is 2.80. The number of ketones is 1. The van der Waals surface area contributed by atoms with Crippen molar-refractivity contribution in [3.63, 3.8) is 0 Å². The molecule has 0 aromatic heterocycles. The topological polar surface area (TPSA) is 17.1 Å². The quantitative estimate of drug-likeness (QED) is 0.825. The summed E-state index contributed by atoms with van der Waals surface area (Å²) in [5.74, 6) is 0.619. The number of thioether (sulfide) groups is 1. The van der Waals surface area contributed by atoms with Gasteiger partial charge in [0.05, 0.1) is 0 Å². The van der Waals surface area contributed by atoms with Gasteiger partial charge in [0.15, 0.2) is 0 Å². The molecule has 4 unspecified atom stereocenters. The lowest BCUT2D eigenvalue weighted by molar-refractivity contribution is -0.123. The number of hydrogen-bond donors (Lipinski definition) is 0. The highest BCUT2D eigenvalue weighted by Gasteiger charge is 2.45. The molecular formula is C16H19FOS. The van der Waals surface area contributed by atoms with Crippen molar-refractivity contribution >= 4 is 17.5 Å². The smallest absolute Gasteiger partial charge is 0.137 e. The number of halogens is 1. The van der Waals surface area contributed by atoms with Gasteiger partial charge in [-0.2, -0.15) is 11.8 Å². The Balaban J connectivity index is 1.92. The van der Waals surface area contributed by atoms with E-state index in [1.807, 2.05) is 30.8 Å². The van der Waals surface area contributed by atoms with Crippen LogP contribution in [0.3, 0.4) is 0 Å². The van der Waals surface area contributed by atoms with E-state index in [0.29, 0.717) is 28.6 Å². The molecule has 1 aromatic rings. The average molecular weight is 278 g/mol. The Labute approximate surface area is 118 Å². The lowest BCUT2D eigenvalue weighted by Gasteiger charge is -2.35. The summed E-state index contributed by atoms with van der Waals surface area (Å²) in [4.78, 5) is 12.3. The van der Waals surface area contributed by atoms with Gasteiger partial charge in [-0.3, -0.25) is 4.79 Å². The highest BCUT2D eigenvalue weighted by atomic mass is 32.2. The van der Waals surface area contributed by atoms with Gasteiger partial charge < -0.3 is 0 Å². The van der Waals surface area contributed by atoms with Gasteiger partial charge in [0.2, 0.25) is 0 Å². The lowest BCUT2D eigenvalue weighted by Crippen LogP contribution is -2.34. The Morgan fingerprint density at radius 2 is 2.05 bits per heavy atom. The first-order valence-electron chi connectivity index (χ1n) is 7.12. The minimum absolute atomic E-state index is 0.138. The summed E-state index contributed by atoms with van der Waals surface area (Å²) in [6.07, 6.45) is 4.09. The zero-order valence-electron chi connectivity index (χ0n) is 11.1. The maximum absolute atomic E-state index is 13.1. The van der Waals surface area contributed by atoms with Crippen LogP contribution in [0.5, 0.6) is 0 Å². The van der Waals surface area contributed by atoms with Gasteiger partial charge in [0, 0.05) is 22.8 Å². The minimum atomic E-state index is -0.199. The molecule has 0 spiro atoms. The molecule has 3 rings (SSSR count). The lowest BCUT2D eigenvalue weighted by atomic mass is 9.78. The van der Waals surface area contributed by atoms with Gasteiger partial charge in [-0.25, -0.2) is 4.39 Å². The van der Waals surface area contributed by atoms with Crippen molar-refractivity contribution in [2.75, 3.05) is 0 Å². The SMILES string of the molecule is CCC(=O)C1C2CCC(CC1c1ccc(F)cc1)S2. The highest BCUT2D eigenvalue weighted by Crippen LogP contribution is 2.53. The van der Waals surface area contributed by atoms with Crippen molar-refractivity contribution in [2.24, 2.45) is 5.92 Å². The van der Waals surface area contributed by atoms with Crippen LogP contribution in [0.4, 0.5) is 4.39 Å². The molecule has 3 heteroatoms. The Morgan fingerprint density at radius 3 is 2.74 bits per heavy atom. The Kier molecular flexibility index (Phi) is 3.66. The van der Waals surface area contributed by atoms with Gasteiger partial charge in [-0.1, -0.05) is 19.1 Å². The fourth-order valence-corrected chi connectivity index (χ4v) is 5.45. The van der Waals surface area contributed by atoms with E-state index in [9.17, 15) is 9.18 Å². The molecule has 1 aromatic carbocycles. The summed E-state index contributed by atoms with van der Waals surface area (Å²) in [6.45, 7) is 1.95. The van der Waals surface area contributed by atoms with Crippen LogP contribution >= 0.6 is 11.8 Å². The fourth-order valence-electron chi connectivity index (χ4n) is 3.58. The molecule has 0 radical (unpaired) electrons. The molecule has 4 atom stereocenters. The number of hydrogen-bond acceptors (Lipinski definition) is 2. The summed E-state index contributed by atoms with van der Waals surface area (Å²) in [5.41, 5.74) is 1.14. The highest BCUT2D eigenvalue weighted by molar-refractivity contribution is 8.00. The van der Waals surface area contributed by atoms with Crippen LogP contribution in [0.25, 0.3) is 0 Å². The second-order valence-corrected chi connectivity index (χ2v) is 7.16. The Hall–Kier alpha value is -0.830. The maximum Gasteiger partial charge on any atom is 0.137 e. The minimum Gasteiger partial charge on any atom is -0.299 e. The fraction of sp³-hybridized carbons (Fsp3) is 0.562. The zero-order valence-corrected chi connectivity index (χ0v) is 12.0. The molecule has 2 fully saturated rings. The summed E-state index contributed by atoms with van der Waals surface area (Å²) in [6, 6.07) is 6.77. The van der Waals surface area contributed by atoms with Gasteiger partial charge in [-0.05, 0) is 42.9 Å². The van der Waals surface area contributed by atoms with Gasteiger partial charge in [0.25, 0.3) is 0 Å². The molecular weight excluding hydrogens is 259 g/mol. The number of carbonyl (C=O) groups is 1. The van der Waals surface area contributed by atoms with Crippen molar-refractivity contribution in [1.29, 1.82) is 0 Å². The molecule has 2 saturated heterocycles. The summed E-state index contributed by atoms with van der Waals surface area (Å²) < 4.78 is 13.1. The van der Waals surface area contributed by atoms with Crippen LogP contribution in [0.15, 0.2) is 24.3 Å². The number of fused-ring (bicyclic) bond motifs is 2. The number of carbonyl (C=O) groups excluding carboxylic acids is 1. The van der Waals surface area contributed by atoms with E-state index >= 15 is 0 Å². The van der Waals surface area contributed by atoms with Crippen molar-refractivity contribution in [2.45, 2.75) is 49.0 Å². The monoisotopic (exact) mass is 278 g/mol. The van der Waals surface area contributed by atoms with E-state index in [0.717, 1.165) is 12.0 Å². The standard InChI is InChI=1S/C16H19FOS/c1-2-14(18)16-13(9-12-7-8-15(16)19-12)10-3-5-11(17)6-4-10/h3-6,12-13,15-16H,2,7-9H2,1H3. The Morgan fingerprint density at radius 1 is 1.32 bits per heavy atom. The van der Waals surface area contributed by atoms with Gasteiger partial charge in [0.1, 0.15) is 11.6 Å². The van der Waals surface area contributed by atoms with Crippen LogP contribution in [0, 0.1) is 11.7 Å². The second kappa shape index (κ2) is 5.28. The summed E-state index contributed by atoms with van der Waals surface area (Å²) >= 11 is 2.01.